The number of sulfonamides is 1. The van der Waals surface area contributed by atoms with Crippen LogP contribution in [-0.2, 0) is 16.6 Å². The highest BCUT2D eigenvalue weighted by molar-refractivity contribution is 9.10. The number of hydrogen-bond acceptors (Lipinski definition) is 5. The van der Waals surface area contributed by atoms with Gasteiger partial charge in [0.2, 0.25) is 10.0 Å². The van der Waals surface area contributed by atoms with Crippen LogP contribution in [0.15, 0.2) is 40.1 Å². The van der Waals surface area contributed by atoms with Crippen molar-refractivity contribution in [1.82, 2.24) is 14.7 Å². The van der Waals surface area contributed by atoms with Gasteiger partial charge in [-0.15, -0.1) is 0 Å². The molecule has 2 aromatic heterocycles. The molecule has 0 aromatic carbocycles. The Bertz CT molecular complexity index is 734. The first-order valence-electron chi connectivity index (χ1n) is 5.70. The molecule has 0 aliphatic rings. The summed E-state index contributed by atoms with van der Waals surface area (Å²) in [6.07, 6.45) is 4.74. The molecule has 0 saturated carbocycles. The molecule has 0 radical (unpaired) electrons. The van der Waals surface area contributed by atoms with Crippen LogP contribution in [0, 0.1) is 6.92 Å². The molecular formula is C12H13BrN4O2S. The molecule has 106 valence electrons. The molecule has 8 heteroatoms. The van der Waals surface area contributed by atoms with E-state index in [9.17, 15) is 8.42 Å². The third kappa shape index (κ3) is 3.33. The molecule has 0 atom stereocenters. The van der Waals surface area contributed by atoms with Gasteiger partial charge < -0.3 is 5.73 Å². The van der Waals surface area contributed by atoms with Crippen molar-refractivity contribution in [2.24, 2.45) is 0 Å². The van der Waals surface area contributed by atoms with Gasteiger partial charge in [0.1, 0.15) is 10.7 Å². The van der Waals surface area contributed by atoms with Crippen molar-refractivity contribution < 1.29 is 8.42 Å². The molecule has 0 spiro atoms. The molecule has 0 aliphatic carbocycles. The van der Waals surface area contributed by atoms with Crippen molar-refractivity contribution in [3.05, 3.63) is 46.3 Å². The Morgan fingerprint density at radius 1 is 1.40 bits per heavy atom. The minimum Gasteiger partial charge on any atom is -0.383 e. The fraction of sp³-hybridized carbons (Fsp3) is 0.167. The zero-order valence-corrected chi connectivity index (χ0v) is 13.1. The van der Waals surface area contributed by atoms with E-state index in [0.29, 0.717) is 4.47 Å². The Kier molecular flexibility index (Phi) is 4.36. The van der Waals surface area contributed by atoms with E-state index in [1.54, 1.807) is 18.5 Å². The number of aryl methyl sites for hydroxylation is 1. The lowest BCUT2D eigenvalue weighted by molar-refractivity contribution is 0.581. The summed E-state index contributed by atoms with van der Waals surface area (Å²) in [4.78, 5) is 7.74. The average molecular weight is 357 g/mol. The van der Waals surface area contributed by atoms with E-state index in [2.05, 4.69) is 30.6 Å². The summed E-state index contributed by atoms with van der Waals surface area (Å²) in [6, 6.07) is 3.18. The van der Waals surface area contributed by atoms with Crippen LogP contribution >= 0.6 is 15.9 Å². The number of aromatic nitrogens is 2. The number of pyridine rings is 2. The quantitative estimate of drug-likeness (QED) is 0.866. The number of anilines is 1. The molecule has 6 nitrogen and oxygen atoms in total. The van der Waals surface area contributed by atoms with E-state index in [4.69, 9.17) is 5.73 Å². The first kappa shape index (κ1) is 14.9. The maximum atomic E-state index is 12.2. The van der Waals surface area contributed by atoms with E-state index in [1.165, 1.54) is 12.3 Å². The summed E-state index contributed by atoms with van der Waals surface area (Å²) >= 11 is 3.18. The summed E-state index contributed by atoms with van der Waals surface area (Å²) in [7, 11) is -3.72. The molecule has 3 N–H and O–H groups in total. The molecule has 2 rings (SSSR count). The third-order valence-electron chi connectivity index (χ3n) is 2.73. The Morgan fingerprint density at radius 3 is 2.85 bits per heavy atom. The zero-order chi connectivity index (χ0) is 14.8. The van der Waals surface area contributed by atoms with Crippen LogP contribution in [0.2, 0.25) is 0 Å². The first-order valence-corrected chi connectivity index (χ1v) is 7.98. The lowest BCUT2D eigenvalue weighted by atomic mass is 10.2. The van der Waals surface area contributed by atoms with Gasteiger partial charge in [-0.05, 0) is 46.1 Å². The number of nitrogens with one attached hydrogen (secondary N) is 1. The van der Waals surface area contributed by atoms with Gasteiger partial charge in [0.05, 0.1) is 0 Å². The third-order valence-corrected chi connectivity index (χ3v) is 4.59. The number of hydrogen-bond donors (Lipinski definition) is 2. The number of rotatable bonds is 4. The smallest absolute Gasteiger partial charge is 0.244 e. The molecule has 0 saturated heterocycles. The largest absolute Gasteiger partial charge is 0.383 e. The predicted octanol–water partition coefficient (Wildman–Crippen LogP) is 1.61. The SMILES string of the molecule is Cc1cnccc1CNS(=O)(=O)c1cc(Br)cnc1N. The van der Waals surface area contributed by atoms with Gasteiger partial charge in [-0.1, -0.05) is 0 Å². The van der Waals surface area contributed by atoms with Crippen LogP contribution in [0.1, 0.15) is 11.1 Å². The molecule has 2 aromatic rings. The number of nitrogens with two attached hydrogens (primary N) is 1. The molecule has 0 amide bonds. The number of halogens is 1. The Balaban J connectivity index is 2.24. The molecule has 0 aliphatic heterocycles. The Labute approximate surface area is 125 Å². The molecular weight excluding hydrogens is 344 g/mol. The van der Waals surface area contributed by atoms with Crippen molar-refractivity contribution in [2.45, 2.75) is 18.4 Å². The second-order valence-electron chi connectivity index (χ2n) is 4.16. The van der Waals surface area contributed by atoms with Crippen LogP contribution < -0.4 is 10.5 Å². The van der Waals surface area contributed by atoms with Crippen LogP contribution in [-0.4, -0.2) is 18.4 Å². The van der Waals surface area contributed by atoms with Crippen molar-refractivity contribution in [3.8, 4) is 0 Å². The molecule has 0 fully saturated rings. The zero-order valence-electron chi connectivity index (χ0n) is 10.7. The average Bonchev–Trinajstić information content (AvgIpc) is 2.40. The lowest BCUT2D eigenvalue weighted by Gasteiger charge is -2.10. The van der Waals surface area contributed by atoms with Gasteiger partial charge in [-0.3, -0.25) is 4.98 Å². The number of nitrogen functional groups attached to an aromatic ring is 1. The van der Waals surface area contributed by atoms with Crippen molar-refractivity contribution >= 4 is 31.8 Å². The van der Waals surface area contributed by atoms with E-state index < -0.39 is 10.0 Å². The minimum absolute atomic E-state index is 0.0350. The van der Waals surface area contributed by atoms with Gasteiger partial charge in [0.15, 0.2) is 0 Å². The molecule has 0 unspecified atom stereocenters. The van der Waals surface area contributed by atoms with Crippen LogP contribution in [0.25, 0.3) is 0 Å². The Hall–Kier alpha value is -1.51. The first-order chi connectivity index (χ1) is 9.40. The van der Waals surface area contributed by atoms with E-state index in [0.717, 1.165) is 11.1 Å². The summed E-state index contributed by atoms with van der Waals surface area (Å²) in [5.41, 5.74) is 7.38. The topological polar surface area (TPSA) is 98.0 Å². The van der Waals surface area contributed by atoms with Crippen LogP contribution in [0.5, 0.6) is 0 Å². The maximum Gasteiger partial charge on any atom is 0.244 e. The van der Waals surface area contributed by atoms with Crippen molar-refractivity contribution in [3.63, 3.8) is 0 Å². The van der Waals surface area contributed by atoms with Gasteiger partial charge in [-0.2, -0.15) is 0 Å². The van der Waals surface area contributed by atoms with Gasteiger partial charge in [0.25, 0.3) is 0 Å². The van der Waals surface area contributed by atoms with Crippen molar-refractivity contribution in [1.29, 1.82) is 0 Å². The monoisotopic (exact) mass is 356 g/mol. The molecule has 20 heavy (non-hydrogen) atoms. The molecule has 2 heterocycles. The highest BCUT2D eigenvalue weighted by Crippen LogP contribution is 2.20. The van der Waals surface area contributed by atoms with Gasteiger partial charge >= 0.3 is 0 Å². The summed E-state index contributed by atoms with van der Waals surface area (Å²) < 4.78 is 27.5. The summed E-state index contributed by atoms with van der Waals surface area (Å²) in [6.45, 7) is 2.04. The standard InChI is InChI=1S/C12H13BrN4O2S/c1-8-5-15-3-2-9(8)6-17-20(18,19)11-4-10(13)7-16-12(11)14/h2-5,7,17H,6H2,1H3,(H2,14,16). The van der Waals surface area contributed by atoms with Gasteiger partial charge in [-0.25, -0.2) is 18.1 Å². The lowest BCUT2D eigenvalue weighted by Crippen LogP contribution is -2.25. The second kappa shape index (κ2) is 5.86. The predicted molar refractivity (Wildman–Crippen MR) is 79.3 cm³/mol. The molecule has 0 bridgehead atoms. The highest BCUT2D eigenvalue weighted by atomic mass is 79.9. The fourth-order valence-corrected chi connectivity index (χ4v) is 3.19. The maximum absolute atomic E-state index is 12.2. The van der Waals surface area contributed by atoms with E-state index >= 15 is 0 Å². The highest BCUT2D eigenvalue weighted by Gasteiger charge is 2.18. The fourth-order valence-electron chi connectivity index (χ4n) is 1.60. The van der Waals surface area contributed by atoms with Crippen LogP contribution in [0.3, 0.4) is 0 Å². The number of nitrogens with zero attached hydrogens (tertiary/aromatic N) is 2. The van der Waals surface area contributed by atoms with Crippen molar-refractivity contribution in [2.75, 3.05) is 5.73 Å². The van der Waals surface area contributed by atoms with E-state index in [-0.39, 0.29) is 17.3 Å². The normalized spacial score (nSPS) is 11.5. The van der Waals surface area contributed by atoms with Crippen LogP contribution in [0.4, 0.5) is 5.82 Å². The van der Waals surface area contributed by atoms with Gasteiger partial charge in [0, 0.05) is 29.6 Å². The van der Waals surface area contributed by atoms with E-state index in [1.807, 2.05) is 6.92 Å². The second-order valence-corrected chi connectivity index (χ2v) is 6.81. The Morgan fingerprint density at radius 2 is 2.15 bits per heavy atom. The minimum atomic E-state index is -3.72. The summed E-state index contributed by atoms with van der Waals surface area (Å²) in [5.74, 6) is -0.0350. The summed E-state index contributed by atoms with van der Waals surface area (Å²) in [5, 5.41) is 0.